The molecule has 3 aromatic rings. The summed E-state index contributed by atoms with van der Waals surface area (Å²) < 4.78 is 28.4. The van der Waals surface area contributed by atoms with Crippen molar-refractivity contribution < 1.29 is 28.6 Å². The van der Waals surface area contributed by atoms with Crippen molar-refractivity contribution in [3.63, 3.8) is 0 Å². The third-order valence-corrected chi connectivity index (χ3v) is 4.69. The third kappa shape index (κ3) is 4.48. The minimum atomic E-state index is -0.538. The highest BCUT2D eigenvalue weighted by Gasteiger charge is 2.24. The van der Waals surface area contributed by atoms with Crippen molar-refractivity contribution in [1.82, 2.24) is 0 Å². The monoisotopic (exact) mass is 425 g/mol. The van der Waals surface area contributed by atoms with Gasteiger partial charge in [-0.1, -0.05) is 30.3 Å². The summed E-state index contributed by atoms with van der Waals surface area (Å²) in [7, 11) is 6.07. The van der Waals surface area contributed by atoms with Crippen LogP contribution in [0.3, 0.4) is 0 Å². The molecule has 0 saturated heterocycles. The lowest BCUT2D eigenvalue weighted by Crippen LogP contribution is -2.02. The fourth-order valence-corrected chi connectivity index (χ4v) is 3.33. The summed E-state index contributed by atoms with van der Waals surface area (Å²) in [6, 6.07) is 13.0. The van der Waals surface area contributed by atoms with Gasteiger partial charge in [0.15, 0.2) is 23.0 Å². The third-order valence-electron chi connectivity index (χ3n) is 4.69. The standard InChI is InChI=1S/C23H23NO7/c1-27-18-13-19(28-2)22(29-3)20-17(18)12-16(10-11-24(25)26)21(23(20)30-4)31-14-15-8-6-5-7-9-15/h5-13H,14H2,1-4H3/b11-10+. The molecule has 3 aromatic carbocycles. The van der Waals surface area contributed by atoms with E-state index in [1.165, 1.54) is 34.5 Å². The second-order valence-corrected chi connectivity index (χ2v) is 6.44. The second-order valence-electron chi connectivity index (χ2n) is 6.44. The van der Waals surface area contributed by atoms with E-state index in [2.05, 4.69) is 0 Å². The van der Waals surface area contributed by atoms with Gasteiger partial charge in [-0.2, -0.15) is 0 Å². The van der Waals surface area contributed by atoms with Gasteiger partial charge >= 0.3 is 0 Å². The van der Waals surface area contributed by atoms with E-state index in [1.807, 2.05) is 30.3 Å². The number of hydrogen-bond donors (Lipinski definition) is 0. The molecule has 0 aliphatic carbocycles. The van der Waals surface area contributed by atoms with Crippen molar-refractivity contribution in [2.75, 3.05) is 28.4 Å². The van der Waals surface area contributed by atoms with Crippen LogP contribution in [0.1, 0.15) is 11.1 Å². The van der Waals surface area contributed by atoms with Gasteiger partial charge in [0.05, 0.1) is 38.7 Å². The molecule has 0 aromatic heterocycles. The maximum Gasteiger partial charge on any atom is 0.235 e. The summed E-state index contributed by atoms with van der Waals surface area (Å²) in [4.78, 5) is 10.4. The van der Waals surface area contributed by atoms with Crippen LogP contribution in [0.4, 0.5) is 0 Å². The molecule has 0 amide bonds. The van der Waals surface area contributed by atoms with Crippen LogP contribution in [0.2, 0.25) is 0 Å². The van der Waals surface area contributed by atoms with Gasteiger partial charge in [-0.3, -0.25) is 10.1 Å². The van der Waals surface area contributed by atoms with Crippen molar-refractivity contribution >= 4 is 16.8 Å². The maximum atomic E-state index is 11.0. The van der Waals surface area contributed by atoms with Gasteiger partial charge in [0.1, 0.15) is 12.4 Å². The molecular formula is C23H23NO7. The van der Waals surface area contributed by atoms with Crippen LogP contribution in [-0.2, 0) is 6.61 Å². The predicted octanol–water partition coefficient (Wildman–Crippen LogP) is 4.70. The first-order chi connectivity index (χ1) is 15.0. The van der Waals surface area contributed by atoms with Gasteiger partial charge in [0.25, 0.3) is 0 Å². The molecule has 8 nitrogen and oxygen atoms in total. The van der Waals surface area contributed by atoms with E-state index < -0.39 is 4.92 Å². The molecule has 8 heteroatoms. The summed E-state index contributed by atoms with van der Waals surface area (Å²) in [5.74, 6) is 2.07. The van der Waals surface area contributed by atoms with E-state index in [0.29, 0.717) is 45.1 Å². The van der Waals surface area contributed by atoms with Gasteiger partial charge in [0.2, 0.25) is 6.20 Å². The lowest BCUT2D eigenvalue weighted by Gasteiger charge is -2.20. The lowest BCUT2D eigenvalue weighted by molar-refractivity contribution is -0.400. The van der Waals surface area contributed by atoms with Crippen molar-refractivity contribution in [3.8, 4) is 28.7 Å². The number of benzene rings is 3. The Bertz CT molecular complexity index is 1110. The van der Waals surface area contributed by atoms with E-state index in [-0.39, 0.29) is 6.61 Å². The molecule has 0 fully saturated rings. The van der Waals surface area contributed by atoms with Crippen LogP contribution in [0.15, 0.2) is 48.7 Å². The number of fused-ring (bicyclic) bond motifs is 1. The second kappa shape index (κ2) is 9.71. The van der Waals surface area contributed by atoms with E-state index in [1.54, 1.807) is 12.1 Å². The average Bonchev–Trinajstić information content (AvgIpc) is 2.80. The molecule has 0 saturated carbocycles. The summed E-state index contributed by atoms with van der Waals surface area (Å²) in [6.45, 7) is 0.241. The van der Waals surface area contributed by atoms with Gasteiger partial charge in [0, 0.05) is 23.1 Å². The van der Waals surface area contributed by atoms with Crippen molar-refractivity contribution in [2.45, 2.75) is 6.61 Å². The SMILES string of the molecule is COc1cc(OC)c2cc(/C=C/[N+](=O)[O-])c(OCc3ccccc3)c(OC)c2c1OC. The number of nitrogens with zero attached hydrogens (tertiary/aromatic N) is 1. The Kier molecular flexibility index (Phi) is 6.81. The van der Waals surface area contributed by atoms with Crippen LogP contribution in [-0.4, -0.2) is 33.4 Å². The summed E-state index contributed by atoms with van der Waals surface area (Å²) >= 11 is 0. The zero-order valence-corrected chi connectivity index (χ0v) is 17.7. The van der Waals surface area contributed by atoms with Crippen molar-refractivity contribution in [3.05, 3.63) is 69.9 Å². The molecule has 0 heterocycles. The molecule has 0 atom stereocenters. The van der Waals surface area contributed by atoms with Gasteiger partial charge in [-0.25, -0.2) is 0 Å². The van der Waals surface area contributed by atoms with E-state index in [4.69, 9.17) is 23.7 Å². The molecule has 0 unspecified atom stereocenters. The van der Waals surface area contributed by atoms with E-state index >= 15 is 0 Å². The highest BCUT2D eigenvalue weighted by Crippen LogP contribution is 2.50. The summed E-state index contributed by atoms with van der Waals surface area (Å²) in [6.07, 6.45) is 2.21. The molecular weight excluding hydrogens is 402 g/mol. The van der Waals surface area contributed by atoms with E-state index in [0.717, 1.165) is 11.8 Å². The Morgan fingerprint density at radius 2 is 1.55 bits per heavy atom. The molecule has 0 bridgehead atoms. The van der Waals surface area contributed by atoms with Gasteiger partial charge in [-0.05, 0) is 11.6 Å². The van der Waals surface area contributed by atoms with Gasteiger partial charge in [-0.15, -0.1) is 0 Å². The highest BCUT2D eigenvalue weighted by molar-refractivity contribution is 6.03. The van der Waals surface area contributed by atoms with Crippen LogP contribution in [0, 0.1) is 10.1 Å². The number of methoxy groups -OCH3 is 4. The Balaban J connectivity index is 2.31. The molecule has 0 aliphatic rings. The minimum absolute atomic E-state index is 0.241. The predicted molar refractivity (Wildman–Crippen MR) is 117 cm³/mol. The maximum absolute atomic E-state index is 11.0. The number of nitro groups is 1. The first kappa shape index (κ1) is 21.8. The fraction of sp³-hybridized carbons (Fsp3) is 0.217. The molecule has 162 valence electrons. The normalized spacial score (nSPS) is 10.8. The number of ether oxygens (including phenoxy) is 5. The Labute approximate surface area is 179 Å². The molecule has 0 N–H and O–H groups in total. The molecule has 0 radical (unpaired) electrons. The Morgan fingerprint density at radius 1 is 0.871 bits per heavy atom. The topological polar surface area (TPSA) is 89.3 Å². The average molecular weight is 425 g/mol. The number of rotatable bonds is 9. The van der Waals surface area contributed by atoms with Crippen LogP contribution in [0.5, 0.6) is 28.7 Å². The lowest BCUT2D eigenvalue weighted by atomic mass is 10.0. The van der Waals surface area contributed by atoms with Crippen LogP contribution in [0.25, 0.3) is 16.8 Å². The first-order valence-corrected chi connectivity index (χ1v) is 9.36. The molecule has 31 heavy (non-hydrogen) atoms. The van der Waals surface area contributed by atoms with Crippen LogP contribution < -0.4 is 23.7 Å². The zero-order valence-electron chi connectivity index (χ0n) is 17.7. The molecule has 0 spiro atoms. The van der Waals surface area contributed by atoms with Crippen LogP contribution >= 0.6 is 0 Å². The van der Waals surface area contributed by atoms with Crippen molar-refractivity contribution in [1.29, 1.82) is 0 Å². The van der Waals surface area contributed by atoms with Crippen molar-refractivity contribution in [2.24, 2.45) is 0 Å². The summed E-state index contributed by atoms with van der Waals surface area (Å²) in [5.41, 5.74) is 1.39. The first-order valence-electron chi connectivity index (χ1n) is 9.36. The largest absolute Gasteiger partial charge is 0.496 e. The smallest absolute Gasteiger partial charge is 0.235 e. The quantitative estimate of drug-likeness (QED) is 0.363. The zero-order chi connectivity index (χ0) is 22.4. The fourth-order valence-electron chi connectivity index (χ4n) is 3.33. The Morgan fingerprint density at radius 3 is 2.13 bits per heavy atom. The summed E-state index contributed by atoms with van der Waals surface area (Å²) in [5, 5.41) is 12.2. The van der Waals surface area contributed by atoms with E-state index in [9.17, 15) is 10.1 Å². The highest BCUT2D eigenvalue weighted by atomic mass is 16.6. The van der Waals surface area contributed by atoms with Gasteiger partial charge < -0.3 is 23.7 Å². The Hall–Kier alpha value is -3.94. The molecule has 3 rings (SSSR count). The molecule has 0 aliphatic heterocycles. The minimum Gasteiger partial charge on any atom is -0.496 e. The number of hydrogen-bond acceptors (Lipinski definition) is 7.